The highest BCUT2D eigenvalue weighted by molar-refractivity contribution is 5.78. The number of nitrogens with one attached hydrogen (secondary N) is 2. The van der Waals surface area contributed by atoms with Gasteiger partial charge in [0.25, 0.3) is 0 Å². The van der Waals surface area contributed by atoms with Crippen molar-refractivity contribution in [3.05, 3.63) is 69.4 Å². The fourth-order valence-electron chi connectivity index (χ4n) is 2.84. The van der Waals surface area contributed by atoms with Crippen LogP contribution in [0.1, 0.15) is 23.2 Å². The Morgan fingerprint density at radius 2 is 2.00 bits per heavy atom. The van der Waals surface area contributed by atoms with Crippen LogP contribution >= 0.6 is 0 Å². The molecule has 2 aromatic rings. The van der Waals surface area contributed by atoms with E-state index in [0.29, 0.717) is 0 Å². The molecule has 0 saturated heterocycles. The molecule has 4 nitrogen and oxygen atoms in total. The number of carbonyl (C=O) groups excluding carboxylic acids is 1. The number of aryl methyl sites for hydroxylation is 1. The summed E-state index contributed by atoms with van der Waals surface area (Å²) in [5, 5.41) is 3.01. The lowest BCUT2D eigenvalue weighted by molar-refractivity contribution is -0.121. The van der Waals surface area contributed by atoms with E-state index in [2.05, 4.69) is 10.3 Å². The molecule has 1 amide bonds. The van der Waals surface area contributed by atoms with E-state index < -0.39 is 0 Å². The number of fused-ring (bicyclic) bond motifs is 1. The molecule has 22 heavy (non-hydrogen) atoms. The first-order valence-corrected chi connectivity index (χ1v) is 7.35. The van der Waals surface area contributed by atoms with Crippen molar-refractivity contribution in [2.75, 3.05) is 0 Å². The van der Waals surface area contributed by atoms with Crippen molar-refractivity contribution in [1.29, 1.82) is 0 Å². The average molecular weight is 300 g/mol. The maximum atomic E-state index is 12.8. The van der Waals surface area contributed by atoms with Gasteiger partial charge in [-0.2, -0.15) is 0 Å². The lowest BCUT2D eigenvalue weighted by Crippen LogP contribution is -2.40. The standard InChI is InChI=1S/C17H17FN2O2/c18-13-4-1-11(2-5-13)9-17(22)19-14-6-7-15-12(10-14)3-8-16(21)20-15/h1-5,8,14H,6-7,9-10H2,(H,19,22)(H,20,21). The van der Waals surface area contributed by atoms with Crippen molar-refractivity contribution in [2.45, 2.75) is 31.7 Å². The molecule has 0 spiro atoms. The Bertz CT molecular complexity index is 737. The highest BCUT2D eigenvalue weighted by atomic mass is 19.1. The molecule has 1 unspecified atom stereocenters. The van der Waals surface area contributed by atoms with Gasteiger partial charge in [0.2, 0.25) is 11.5 Å². The summed E-state index contributed by atoms with van der Waals surface area (Å²) in [5.41, 5.74) is 2.76. The van der Waals surface area contributed by atoms with Crippen molar-refractivity contribution in [3.8, 4) is 0 Å². The fraction of sp³-hybridized carbons (Fsp3) is 0.294. The Kier molecular flexibility index (Phi) is 4.04. The number of rotatable bonds is 3. The van der Waals surface area contributed by atoms with Crippen LogP contribution in [0.3, 0.4) is 0 Å². The summed E-state index contributed by atoms with van der Waals surface area (Å²) in [6.45, 7) is 0. The first-order valence-electron chi connectivity index (χ1n) is 7.35. The largest absolute Gasteiger partial charge is 0.353 e. The molecule has 1 heterocycles. The molecule has 5 heteroatoms. The predicted molar refractivity (Wildman–Crippen MR) is 81.1 cm³/mol. The zero-order valence-corrected chi connectivity index (χ0v) is 12.1. The Balaban J connectivity index is 1.60. The van der Waals surface area contributed by atoms with E-state index in [-0.39, 0.29) is 29.7 Å². The molecule has 2 N–H and O–H groups in total. The summed E-state index contributed by atoms with van der Waals surface area (Å²) in [4.78, 5) is 26.2. The van der Waals surface area contributed by atoms with Crippen LogP contribution in [0.25, 0.3) is 0 Å². The number of amides is 1. The maximum absolute atomic E-state index is 12.8. The highest BCUT2D eigenvalue weighted by Crippen LogP contribution is 2.18. The molecule has 0 saturated carbocycles. The predicted octanol–water partition coefficient (Wildman–Crippen LogP) is 1.73. The minimum atomic E-state index is -0.304. The third-order valence-electron chi connectivity index (χ3n) is 3.95. The van der Waals surface area contributed by atoms with Gasteiger partial charge in [0, 0.05) is 17.8 Å². The summed E-state index contributed by atoms with van der Waals surface area (Å²) in [6.07, 6.45) is 2.53. The first kappa shape index (κ1) is 14.5. The molecule has 1 aromatic carbocycles. The summed E-state index contributed by atoms with van der Waals surface area (Å²) >= 11 is 0. The number of benzene rings is 1. The Morgan fingerprint density at radius 1 is 1.23 bits per heavy atom. The topological polar surface area (TPSA) is 62.0 Å². The second kappa shape index (κ2) is 6.13. The molecule has 1 aliphatic carbocycles. The smallest absolute Gasteiger partial charge is 0.248 e. The lowest BCUT2D eigenvalue weighted by atomic mass is 9.91. The Hall–Kier alpha value is -2.43. The maximum Gasteiger partial charge on any atom is 0.248 e. The van der Waals surface area contributed by atoms with Crippen molar-refractivity contribution >= 4 is 5.91 Å². The molecule has 1 atom stereocenters. The molecule has 0 fully saturated rings. The van der Waals surface area contributed by atoms with Crippen LogP contribution in [0.5, 0.6) is 0 Å². The van der Waals surface area contributed by atoms with E-state index in [1.807, 2.05) is 6.07 Å². The van der Waals surface area contributed by atoms with Gasteiger partial charge < -0.3 is 10.3 Å². The van der Waals surface area contributed by atoms with Gasteiger partial charge in [0.05, 0.1) is 6.42 Å². The van der Waals surface area contributed by atoms with E-state index in [1.165, 1.54) is 18.2 Å². The van der Waals surface area contributed by atoms with E-state index in [0.717, 1.165) is 36.1 Å². The minimum Gasteiger partial charge on any atom is -0.353 e. The molecular formula is C17H17FN2O2. The number of aromatic amines is 1. The first-order chi connectivity index (χ1) is 10.6. The number of halogens is 1. The van der Waals surface area contributed by atoms with Crippen LogP contribution in [0, 0.1) is 5.82 Å². The van der Waals surface area contributed by atoms with Crippen LogP contribution < -0.4 is 10.9 Å². The van der Waals surface area contributed by atoms with Crippen LogP contribution in [0.15, 0.2) is 41.2 Å². The van der Waals surface area contributed by atoms with Crippen molar-refractivity contribution < 1.29 is 9.18 Å². The second-order valence-corrected chi connectivity index (χ2v) is 5.64. The normalized spacial score (nSPS) is 16.9. The second-order valence-electron chi connectivity index (χ2n) is 5.64. The van der Waals surface area contributed by atoms with E-state index in [1.54, 1.807) is 12.1 Å². The number of aromatic nitrogens is 1. The van der Waals surface area contributed by atoms with Gasteiger partial charge in [-0.05, 0) is 42.5 Å². The van der Waals surface area contributed by atoms with E-state index in [9.17, 15) is 14.0 Å². The Morgan fingerprint density at radius 3 is 2.77 bits per heavy atom. The van der Waals surface area contributed by atoms with Crippen molar-refractivity contribution in [1.82, 2.24) is 10.3 Å². The summed E-state index contributed by atoms with van der Waals surface area (Å²) in [6, 6.07) is 9.37. The third kappa shape index (κ3) is 3.42. The molecule has 1 aromatic heterocycles. The Labute approximate surface area is 127 Å². The molecular weight excluding hydrogens is 283 g/mol. The van der Waals surface area contributed by atoms with Gasteiger partial charge in [-0.1, -0.05) is 18.2 Å². The summed E-state index contributed by atoms with van der Waals surface area (Å²) in [7, 11) is 0. The SMILES string of the molecule is O=C(Cc1ccc(F)cc1)NC1CCc2[nH]c(=O)ccc2C1. The number of hydrogen-bond donors (Lipinski definition) is 2. The van der Waals surface area contributed by atoms with Crippen molar-refractivity contribution in [3.63, 3.8) is 0 Å². The van der Waals surface area contributed by atoms with Gasteiger partial charge >= 0.3 is 0 Å². The van der Waals surface area contributed by atoms with Crippen molar-refractivity contribution in [2.24, 2.45) is 0 Å². The van der Waals surface area contributed by atoms with Gasteiger partial charge in [0.1, 0.15) is 5.82 Å². The number of hydrogen-bond acceptors (Lipinski definition) is 2. The number of carbonyl (C=O) groups is 1. The van der Waals surface area contributed by atoms with Gasteiger partial charge in [0.15, 0.2) is 0 Å². The minimum absolute atomic E-state index is 0.0653. The average Bonchev–Trinajstić information content (AvgIpc) is 2.50. The quantitative estimate of drug-likeness (QED) is 0.907. The van der Waals surface area contributed by atoms with Crippen LogP contribution in [-0.4, -0.2) is 16.9 Å². The van der Waals surface area contributed by atoms with Crippen LogP contribution in [0.2, 0.25) is 0 Å². The van der Waals surface area contributed by atoms with Crippen LogP contribution in [-0.2, 0) is 24.1 Å². The molecule has 114 valence electrons. The zero-order chi connectivity index (χ0) is 15.5. The van der Waals surface area contributed by atoms with Crippen LogP contribution in [0.4, 0.5) is 4.39 Å². The molecule has 1 aliphatic rings. The highest BCUT2D eigenvalue weighted by Gasteiger charge is 2.20. The summed E-state index contributed by atoms with van der Waals surface area (Å²) < 4.78 is 12.8. The van der Waals surface area contributed by atoms with Gasteiger partial charge in [-0.3, -0.25) is 9.59 Å². The zero-order valence-electron chi connectivity index (χ0n) is 12.1. The fourth-order valence-corrected chi connectivity index (χ4v) is 2.84. The third-order valence-corrected chi connectivity index (χ3v) is 3.95. The van der Waals surface area contributed by atoms with Gasteiger partial charge in [-0.25, -0.2) is 4.39 Å². The molecule has 0 aliphatic heterocycles. The summed E-state index contributed by atoms with van der Waals surface area (Å²) in [5.74, 6) is -0.369. The van der Waals surface area contributed by atoms with E-state index in [4.69, 9.17) is 0 Å². The molecule has 0 bridgehead atoms. The lowest BCUT2D eigenvalue weighted by Gasteiger charge is -2.25. The molecule has 3 rings (SSSR count). The molecule has 0 radical (unpaired) electrons. The number of H-pyrrole nitrogens is 1. The monoisotopic (exact) mass is 300 g/mol. The van der Waals surface area contributed by atoms with Gasteiger partial charge in [-0.15, -0.1) is 0 Å². The number of pyridine rings is 1. The van der Waals surface area contributed by atoms with E-state index >= 15 is 0 Å².